The van der Waals surface area contributed by atoms with Crippen molar-refractivity contribution in [1.29, 1.82) is 0 Å². The van der Waals surface area contributed by atoms with Crippen LogP contribution < -0.4 is 11.1 Å². The summed E-state index contributed by atoms with van der Waals surface area (Å²) in [5.74, 6) is -0.477. The zero-order valence-electron chi connectivity index (χ0n) is 7.87. The van der Waals surface area contributed by atoms with Gasteiger partial charge in [0.15, 0.2) is 0 Å². The quantitative estimate of drug-likeness (QED) is 0.530. The maximum atomic E-state index is 10.8. The van der Waals surface area contributed by atoms with Gasteiger partial charge in [-0.1, -0.05) is 0 Å². The fourth-order valence-corrected chi connectivity index (χ4v) is 0.734. The SMILES string of the molecule is CNCCN(CC(=O)OC)C(N)=O. The Kier molecular flexibility index (Phi) is 5.62. The van der Waals surface area contributed by atoms with E-state index in [9.17, 15) is 9.59 Å². The number of primary amides is 1. The zero-order valence-corrected chi connectivity index (χ0v) is 7.87. The number of carbonyl (C=O) groups is 2. The highest BCUT2D eigenvalue weighted by atomic mass is 16.5. The highest BCUT2D eigenvalue weighted by Crippen LogP contribution is 1.88. The van der Waals surface area contributed by atoms with Crippen molar-refractivity contribution in [3.8, 4) is 0 Å². The van der Waals surface area contributed by atoms with Crippen molar-refractivity contribution in [3.63, 3.8) is 0 Å². The van der Waals surface area contributed by atoms with Gasteiger partial charge in [0.25, 0.3) is 0 Å². The lowest BCUT2D eigenvalue weighted by Gasteiger charge is -2.18. The molecule has 13 heavy (non-hydrogen) atoms. The minimum Gasteiger partial charge on any atom is -0.468 e. The summed E-state index contributed by atoms with van der Waals surface area (Å²) >= 11 is 0. The van der Waals surface area contributed by atoms with Crippen LogP contribution in [0.15, 0.2) is 0 Å². The van der Waals surface area contributed by atoms with Crippen molar-refractivity contribution < 1.29 is 14.3 Å². The van der Waals surface area contributed by atoms with Gasteiger partial charge in [0.05, 0.1) is 7.11 Å². The minimum atomic E-state index is -0.624. The van der Waals surface area contributed by atoms with E-state index < -0.39 is 12.0 Å². The molecule has 0 aromatic carbocycles. The van der Waals surface area contributed by atoms with Gasteiger partial charge in [0.2, 0.25) is 0 Å². The number of esters is 1. The highest BCUT2D eigenvalue weighted by Gasteiger charge is 2.13. The van der Waals surface area contributed by atoms with Crippen LogP contribution in [0.25, 0.3) is 0 Å². The van der Waals surface area contributed by atoms with E-state index in [1.165, 1.54) is 12.0 Å². The van der Waals surface area contributed by atoms with Crippen LogP contribution in [0.5, 0.6) is 0 Å². The molecule has 0 saturated heterocycles. The van der Waals surface area contributed by atoms with Crippen molar-refractivity contribution in [1.82, 2.24) is 10.2 Å². The molecule has 0 spiro atoms. The molecule has 0 fully saturated rings. The zero-order chi connectivity index (χ0) is 10.3. The summed E-state index contributed by atoms with van der Waals surface area (Å²) in [4.78, 5) is 22.8. The fraction of sp³-hybridized carbons (Fsp3) is 0.714. The number of likely N-dealkylation sites (N-methyl/N-ethyl adjacent to an activating group) is 1. The maximum absolute atomic E-state index is 10.8. The Bertz CT molecular complexity index is 184. The second-order valence-corrected chi connectivity index (χ2v) is 2.44. The molecule has 6 nitrogen and oxygen atoms in total. The number of nitrogens with zero attached hydrogens (tertiary/aromatic N) is 1. The number of methoxy groups -OCH3 is 1. The van der Waals surface area contributed by atoms with Crippen molar-refractivity contribution in [2.45, 2.75) is 0 Å². The van der Waals surface area contributed by atoms with Crippen LogP contribution in [0.3, 0.4) is 0 Å². The molecule has 0 heterocycles. The van der Waals surface area contributed by atoms with E-state index in [0.29, 0.717) is 13.1 Å². The molecule has 0 unspecified atom stereocenters. The maximum Gasteiger partial charge on any atom is 0.325 e. The summed E-state index contributed by atoms with van der Waals surface area (Å²) in [5, 5.41) is 2.84. The Morgan fingerprint density at radius 1 is 1.54 bits per heavy atom. The molecule has 0 rings (SSSR count). The number of nitrogens with two attached hydrogens (primary N) is 1. The Hall–Kier alpha value is -1.30. The van der Waals surface area contributed by atoms with Gasteiger partial charge in [-0.25, -0.2) is 4.79 Å². The summed E-state index contributed by atoms with van der Waals surface area (Å²) in [7, 11) is 3.01. The summed E-state index contributed by atoms with van der Waals surface area (Å²) in [6, 6.07) is -0.624. The van der Waals surface area contributed by atoms with Crippen LogP contribution in [-0.2, 0) is 9.53 Å². The first-order chi connectivity index (χ1) is 6.11. The fourth-order valence-electron chi connectivity index (χ4n) is 0.734. The predicted octanol–water partition coefficient (Wildman–Crippen LogP) is -1.24. The summed E-state index contributed by atoms with van der Waals surface area (Å²) in [6.45, 7) is 0.869. The molecule has 0 bridgehead atoms. The molecule has 6 heteroatoms. The second-order valence-electron chi connectivity index (χ2n) is 2.44. The first-order valence-corrected chi connectivity index (χ1v) is 3.87. The number of carbonyl (C=O) groups excluding carboxylic acids is 2. The monoisotopic (exact) mass is 189 g/mol. The lowest BCUT2D eigenvalue weighted by molar-refractivity contribution is -0.141. The first-order valence-electron chi connectivity index (χ1n) is 3.87. The number of hydrogen-bond acceptors (Lipinski definition) is 4. The third kappa shape index (κ3) is 5.02. The molecule has 0 aliphatic rings. The Morgan fingerprint density at radius 3 is 2.54 bits per heavy atom. The molecule has 0 saturated carbocycles. The lowest BCUT2D eigenvalue weighted by Crippen LogP contribution is -2.43. The predicted molar refractivity (Wildman–Crippen MR) is 47.1 cm³/mol. The van der Waals surface area contributed by atoms with E-state index in [0.717, 1.165) is 0 Å². The van der Waals surface area contributed by atoms with Crippen LogP contribution >= 0.6 is 0 Å². The Labute approximate surface area is 77.0 Å². The van der Waals surface area contributed by atoms with Gasteiger partial charge in [-0.05, 0) is 7.05 Å². The molecular formula is C7H15N3O3. The van der Waals surface area contributed by atoms with Crippen molar-refractivity contribution in [3.05, 3.63) is 0 Å². The number of amides is 2. The van der Waals surface area contributed by atoms with Gasteiger partial charge < -0.3 is 20.7 Å². The number of hydrogen-bond donors (Lipinski definition) is 2. The van der Waals surface area contributed by atoms with Gasteiger partial charge in [-0.2, -0.15) is 0 Å². The van der Waals surface area contributed by atoms with Crippen LogP contribution in [0.4, 0.5) is 4.79 Å². The van der Waals surface area contributed by atoms with Crippen molar-refractivity contribution in [2.75, 3.05) is 33.8 Å². The van der Waals surface area contributed by atoms with Gasteiger partial charge in [-0.3, -0.25) is 4.79 Å². The molecule has 0 aliphatic heterocycles. The molecule has 76 valence electrons. The molecule has 0 aliphatic carbocycles. The topological polar surface area (TPSA) is 84.7 Å². The van der Waals surface area contributed by atoms with Gasteiger partial charge in [0.1, 0.15) is 6.54 Å². The van der Waals surface area contributed by atoms with Crippen LogP contribution in [0.1, 0.15) is 0 Å². The molecule has 0 aromatic rings. The summed E-state index contributed by atoms with van der Waals surface area (Å²) in [6.07, 6.45) is 0. The smallest absolute Gasteiger partial charge is 0.325 e. The molecule has 0 aromatic heterocycles. The molecular weight excluding hydrogens is 174 g/mol. The van der Waals surface area contributed by atoms with Crippen LogP contribution in [0.2, 0.25) is 0 Å². The number of rotatable bonds is 5. The molecule has 0 radical (unpaired) electrons. The van der Waals surface area contributed by atoms with Crippen molar-refractivity contribution in [2.24, 2.45) is 5.73 Å². The second kappa shape index (κ2) is 6.24. The number of urea groups is 1. The third-order valence-electron chi connectivity index (χ3n) is 1.49. The molecule has 2 amide bonds. The van der Waals surface area contributed by atoms with E-state index in [2.05, 4.69) is 10.1 Å². The van der Waals surface area contributed by atoms with Crippen molar-refractivity contribution >= 4 is 12.0 Å². The largest absolute Gasteiger partial charge is 0.468 e. The summed E-state index contributed by atoms with van der Waals surface area (Å²) in [5.41, 5.74) is 5.03. The van der Waals surface area contributed by atoms with Crippen LogP contribution in [-0.4, -0.2) is 50.7 Å². The van der Waals surface area contributed by atoms with Gasteiger partial charge >= 0.3 is 12.0 Å². The van der Waals surface area contributed by atoms with Crippen LogP contribution in [0, 0.1) is 0 Å². The minimum absolute atomic E-state index is 0.104. The normalized spacial score (nSPS) is 9.38. The average Bonchev–Trinajstić information content (AvgIpc) is 2.11. The lowest BCUT2D eigenvalue weighted by atomic mass is 10.5. The van der Waals surface area contributed by atoms with E-state index in [1.807, 2.05) is 0 Å². The number of ether oxygens (including phenoxy) is 1. The Morgan fingerprint density at radius 2 is 2.15 bits per heavy atom. The average molecular weight is 189 g/mol. The highest BCUT2D eigenvalue weighted by molar-refractivity contribution is 5.79. The third-order valence-corrected chi connectivity index (χ3v) is 1.49. The van der Waals surface area contributed by atoms with Gasteiger partial charge in [0, 0.05) is 13.1 Å². The van der Waals surface area contributed by atoms with E-state index in [1.54, 1.807) is 7.05 Å². The summed E-state index contributed by atoms with van der Waals surface area (Å²) < 4.78 is 4.40. The molecule has 3 N–H and O–H groups in total. The Balaban J connectivity index is 3.94. The molecule has 0 atom stereocenters. The van der Waals surface area contributed by atoms with E-state index in [-0.39, 0.29) is 6.54 Å². The van der Waals surface area contributed by atoms with Gasteiger partial charge in [-0.15, -0.1) is 0 Å². The van der Waals surface area contributed by atoms with E-state index in [4.69, 9.17) is 5.73 Å². The van der Waals surface area contributed by atoms with E-state index >= 15 is 0 Å². The standard InChI is InChI=1S/C7H15N3O3/c1-9-3-4-10(7(8)12)5-6(11)13-2/h9H,3-5H2,1-2H3,(H2,8,12). The first kappa shape index (κ1) is 11.7. The number of nitrogens with one attached hydrogen (secondary N) is 1.